The number of aliphatic hydroxyl groups excluding tert-OH is 2. The largest absolute Gasteiger partial charge is 0.392 e. The van der Waals surface area contributed by atoms with Crippen LogP contribution in [0.1, 0.15) is 90.4 Å². The highest BCUT2D eigenvalue weighted by atomic mass is 16.3. The molecule has 0 aromatic heterocycles. The van der Waals surface area contributed by atoms with E-state index in [0.29, 0.717) is 18.8 Å². The van der Waals surface area contributed by atoms with Crippen molar-refractivity contribution in [3.8, 4) is 0 Å². The first kappa shape index (κ1) is 24.2. The van der Waals surface area contributed by atoms with E-state index >= 15 is 0 Å². The van der Waals surface area contributed by atoms with Gasteiger partial charge in [-0.1, -0.05) is 51.2 Å². The van der Waals surface area contributed by atoms with Crippen LogP contribution in [0, 0.1) is 17.8 Å². The Balaban J connectivity index is 1.80. The van der Waals surface area contributed by atoms with Crippen molar-refractivity contribution in [2.24, 2.45) is 17.8 Å². The van der Waals surface area contributed by atoms with E-state index < -0.39 is 11.7 Å². The number of rotatable bonds is 15. The molecule has 0 spiro atoms. The second kappa shape index (κ2) is 12.0. The second-order valence-electron chi connectivity index (χ2n) is 9.18. The Morgan fingerprint density at radius 1 is 1.17 bits per heavy atom. The predicted octanol–water partition coefficient (Wildman–Crippen LogP) is 3.73. The van der Waals surface area contributed by atoms with Crippen molar-refractivity contribution < 1.29 is 24.9 Å². The third kappa shape index (κ3) is 7.62. The average molecular weight is 409 g/mol. The summed E-state index contributed by atoms with van der Waals surface area (Å²) in [5, 5.41) is 30.1. The molecule has 0 aromatic carbocycles. The quantitative estimate of drug-likeness (QED) is 0.283. The molecule has 0 amide bonds. The van der Waals surface area contributed by atoms with Gasteiger partial charge in [0.25, 0.3) is 0 Å². The van der Waals surface area contributed by atoms with Crippen molar-refractivity contribution in [2.45, 2.75) is 102 Å². The summed E-state index contributed by atoms with van der Waals surface area (Å²) in [4.78, 5) is 23.4. The molecule has 166 valence electrons. The number of Topliss-reactive ketones (excluding diaryl/α,β-unsaturated/α-hetero) is 2. The third-order valence-corrected chi connectivity index (χ3v) is 6.76. The van der Waals surface area contributed by atoms with Crippen molar-refractivity contribution in [3.63, 3.8) is 0 Å². The van der Waals surface area contributed by atoms with Gasteiger partial charge < -0.3 is 15.3 Å². The van der Waals surface area contributed by atoms with E-state index in [-0.39, 0.29) is 36.4 Å². The molecular weight excluding hydrogens is 368 g/mol. The molecule has 29 heavy (non-hydrogen) atoms. The maximum atomic E-state index is 12.3. The van der Waals surface area contributed by atoms with Crippen LogP contribution in [0.5, 0.6) is 0 Å². The van der Waals surface area contributed by atoms with Crippen LogP contribution in [-0.2, 0) is 9.59 Å². The highest BCUT2D eigenvalue weighted by Crippen LogP contribution is 2.45. The van der Waals surface area contributed by atoms with E-state index in [2.05, 4.69) is 6.92 Å². The van der Waals surface area contributed by atoms with Gasteiger partial charge in [-0.2, -0.15) is 0 Å². The van der Waals surface area contributed by atoms with Crippen molar-refractivity contribution in [3.05, 3.63) is 12.2 Å². The first-order chi connectivity index (χ1) is 13.9. The molecule has 0 heterocycles. The Bertz CT molecular complexity index is 553. The van der Waals surface area contributed by atoms with Gasteiger partial charge >= 0.3 is 0 Å². The lowest BCUT2D eigenvalue weighted by molar-refractivity contribution is -0.122. The second-order valence-corrected chi connectivity index (χ2v) is 9.18. The minimum absolute atomic E-state index is 0.116. The summed E-state index contributed by atoms with van der Waals surface area (Å²) >= 11 is 0. The summed E-state index contributed by atoms with van der Waals surface area (Å²) in [6.45, 7) is 1.76. The topological polar surface area (TPSA) is 94.8 Å². The van der Waals surface area contributed by atoms with E-state index in [1.165, 1.54) is 0 Å². The average Bonchev–Trinajstić information content (AvgIpc) is 3.51. The van der Waals surface area contributed by atoms with Crippen molar-refractivity contribution in [1.29, 1.82) is 0 Å². The molecule has 2 saturated carbocycles. The molecule has 4 atom stereocenters. The van der Waals surface area contributed by atoms with Crippen molar-refractivity contribution in [2.75, 3.05) is 6.61 Å². The molecule has 0 radical (unpaired) electrons. The summed E-state index contributed by atoms with van der Waals surface area (Å²) in [7, 11) is 0. The van der Waals surface area contributed by atoms with Crippen LogP contribution >= 0.6 is 0 Å². The van der Waals surface area contributed by atoms with Crippen LogP contribution in [0.15, 0.2) is 12.2 Å². The zero-order chi connectivity index (χ0) is 21.3. The summed E-state index contributed by atoms with van der Waals surface area (Å²) in [5.41, 5.74) is -0.623. The fourth-order valence-electron chi connectivity index (χ4n) is 4.72. The van der Waals surface area contributed by atoms with Crippen LogP contribution < -0.4 is 0 Å². The molecule has 2 fully saturated rings. The van der Waals surface area contributed by atoms with Crippen molar-refractivity contribution >= 4 is 11.6 Å². The number of aliphatic hydroxyl groups is 3. The van der Waals surface area contributed by atoms with Gasteiger partial charge in [-0.3, -0.25) is 9.59 Å². The molecule has 2 aliphatic rings. The van der Waals surface area contributed by atoms with Gasteiger partial charge in [0.1, 0.15) is 12.4 Å². The highest BCUT2D eigenvalue weighted by molar-refractivity contribution is 5.84. The Morgan fingerprint density at radius 2 is 1.90 bits per heavy atom. The van der Waals surface area contributed by atoms with Gasteiger partial charge in [-0.15, -0.1) is 0 Å². The Labute approximate surface area is 175 Å². The summed E-state index contributed by atoms with van der Waals surface area (Å²) < 4.78 is 0. The molecule has 0 saturated heterocycles. The minimum Gasteiger partial charge on any atom is -0.392 e. The zero-order valence-electron chi connectivity index (χ0n) is 18.0. The van der Waals surface area contributed by atoms with E-state index in [0.717, 1.165) is 64.2 Å². The molecule has 2 rings (SSSR count). The van der Waals surface area contributed by atoms with Crippen LogP contribution in [-0.4, -0.2) is 45.2 Å². The Hall–Kier alpha value is -1.04. The Kier molecular flexibility index (Phi) is 10.0. The lowest BCUT2D eigenvalue weighted by Gasteiger charge is -2.27. The fourth-order valence-corrected chi connectivity index (χ4v) is 4.72. The lowest BCUT2D eigenvalue weighted by atomic mass is 9.85. The highest BCUT2D eigenvalue weighted by Gasteiger charge is 2.43. The normalized spacial score (nSPS) is 26.9. The smallest absolute Gasteiger partial charge is 0.158 e. The number of ketones is 2. The molecule has 5 nitrogen and oxygen atoms in total. The molecule has 5 heteroatoms. The van der Waals surface area contributed by atoms with Crippen LogP contribution in [0.3, 0.4) is 0 Å². The van der Waals surface area contributed by atoms with E-state index in [9.17, 15) is 19.8 Å². The number of carbonyl (C=O) groups excluding carboxylic acids is 2. The summed E-state index contributed by atoms with van der Waals surface area (Å²) in [6.07, 6.45) is 14.1. The van der Waals surface area contributed by atoms with Crippen LogP contribution in [0.25, 0.3) is 0 Å². The van der Waals surface area contributed by atoms with Gasteiger partial charge in [-0.05, 0) is 44.4 Å². The van der Waals surface area contributed by atoms with E-state index in [1.807, 2.05) is 12.2 Å². The maximum Gasteiger partial charge on any atom is 0.158 e. The first-order valence-electron chi connectivity index (χ1n) is 11.6. The SMILES string of the molecule is CCCC[C@@](O)(CC=C[C@H]1[C@H](O)CC(=O)[C@@H]1CCCCCCC(=O)CO)C1CC1. The van der Waals surface area contributed by atoms with E-state index in [1.54, 1.807) is 0 Å². The Morgan fingerprint density at radius 3 is 2.55 bits per heavy atom. The van der Waals surface area contributed by atoms with Gasteiger partial charge in [0.05, 0.1) is 11.7 Å². The standard InChI is InChI=1S/C24H40O5/c1-2-3-14-24(29,18-12-13-18)15-8-11-21-20(22(27)16-23(21)28)10-7-5-4-6-9-19(26)17-25/h8,11,18,20-21,23,25,28-29H,2-7,9-10,12-17H2,1H3/t20-,21-,23-,24-/m1/s1. The van der Waals surface area contributed by atoms with Gasteiger partial charge in [0.15, 0.2) is 5.78 Å². The van der Waals surface area contributed by atoms with Crippen LogP contribution in [0.2, 0.25) is 0 Å². The molecule has 0 bridgehead atoms. The fraction of sp³-hybridized carbons (Fsp3) is 0.833. The van der Waals surface area contributed by atoms with Gasteiger partial charge in [-0.25, -0.2) is 0 Å². The lowest BCUT2D eigenvalue weighted by Crippen LogP contribution is -2.30. The molecule has 2 aliphatic carbocycles. The summed E-state index contributed by atoms with van der Waals surface area (Å²) in [5.74, 6) is 0.154. The minimum atomic E-state index is -0.623. The number of hydrogen-bond acceptors (Lipinski definition) is 5. The summed E-state index contributed by atoms with van der Waals surface area (Å²) in [6, 6.07) is 0. The van der Waals surface area contributed by atoms with Crippen LogP contribution in [0.4, 0.5) is 0 Å². The van der Waals surface area contributed by atoms with E-state index in [4.69, 9.17) is 5.11 Å². The zero-order valence-corrected chi connectivity index (χ0v) is 18.0. The predicted molar refractivity (Wildman–Crippen MR) is 113 cm³/mol. The molecule has 0 aromatic rings. The molecule has 3 N–H and O–H groups in total. The number of unbranched alkanes of at least 4 members (excludes halogenated alkanes) is 4. The number of carbonyl (C=O) groups is 2. The molecular formula is C24H40O5. The first-order valence-corrected chi connectivity index (χ1v) is 11.6. The maximum absolute atomic E-state index is 12.3. The monoisotopic (exact) mass is 408 g/mol. The van der Waals surface area contributed by atoms with Crippen molar-refractivity contribution in [1.82, 2.24) is 0 Å². The number of hydrogen-bond donors (Lipinski definition) is 3. The third-order valence-electron chi connectivity index (χ3n) is 6.76. The molecule has 0 unspecified atom stereocenters. The van der Waals surface area contributed by atoms with Gasteiger partial charge in [0, 0.05) is 24.7 Å². The molecule has 0 aliphatic heterocycles. The van der Waals surface area contributed by atoms with Gasteiger partial charge in [0.2, 0.25) is 0 Å².